The number of nitrogens with zero attached hydrogens (tertiary/aromatic N) is 1. The number of para-hydroxylation sites is 1. The number of aryl methyl sites for hydroxylation is 1. The van der Waals surface area contributed by atoms with Gasteiger partial charge in [-0.05, 0) is 48.1 Å². The minimum atomic E-state index is -0.380. The molecule has 28 heavy (non-hydrogen) atoms. The van der Waals surface area contributed by atoms with E-state index in [0.29, 0.717) is 17.9 Å². The fourth-order valence-corrected chi connectivity index (χ4v) is 3.75. The molecule has 1 aliphatic rings. The maximum absolute atomic E-state index is 12.7. The van der Waals surface area contributed by atoms with Crippen molar-refractivity contribution in [1.29, 1.82) is 0 Å². The number of amides is 1. The van der Waals surface area contributed by atoms with Gasteiger partial charge in [0.05, 0.1) is 0 Å². The minimum Gasteiger partial charge on any atom is -0.484 e. The first-order chi connectivity index (χ1) is 13.5. The van der Waals surface area contributed by atoms with Gasteiger partial charge in [-0.1, -0.05) is 32.0 Å². The van der Waals surface area contributed by atoms with Gasteiger partial charge in [0.25, 0.3) is 5.91 Å². The van der Waals surface area contributed by atoms with Gasteiger partial charge in [-0.3, -0.25) is 4.79 Å². The number of hydrogen-bond donors (Lipinski definition) is 0. The fraction of sp³-hybridized carbons (Fsp3) is 0.304. The lowest BCUT2D eigenvalue weighted by Crippen LogP contribution is -2.38. The Kier molecular flexibility index (Phi) is 4.90. The molecular weight excluding hydrogens is 354 g/mol. The van der Waals surface area contributed by atoms with Crippen LogP contribution in [-0.4, -0.2) is 19.1 Å². The van der Waals surface area contributed by atoms with Gasteiger partial charge >= 0.3 is 5.63 Å². The number of rotatable bonds is 4. The van der Waals surface area contributed by atoms with Gasteiger partial charge in [0.2, 0.25) is 0 Å². The molecule has 2 heterocycles. The zero-order valence-corrected chi connectivity index (χ0v) is 16.1. The molecule has 0 saturated carbocycles. The summed E-state index contributed by atoms with van der Waals surface area (Å²) in [6, 6.07) is 14.9. The smallest absolute Gasteiger partial charge is 0.336 e. The third kappa shape index (κ3) is 3.52. The van der Waals surface area contributed by atoms with Crippen molar-refractivity contribution in [2.75, 3.05) is 18.1 Å². The zero-order chi connectivity index (χ0) is 19.7. The first kappa shape index (κ1) is 18.3. The second-order valence-electron chi connectivity index (χ2n) is 7.40. The predicted molar refractivity (Wildman–Crippen MR) is 109 cm³/mol. The highest BCUT2D eigenvalue weighted by molar-refractivity contribution is 5.95. The topological polar surface area (TPSA) is 59.8 Å². The largest absolute Gasteiger partial charge is 0.484 e. The molecule has 0 fully saturated rings. The Morgan fingerprint density at radius 3 is 2.82 bits per heavy atom. The van der Waals surface area contributed by atoms with Gasteiger partial charge in [0.1, 0.15) is 11.3 Å². The molecule has 0 aliphatic carbocycles. The molecule has 0 N–H and O–H groups in total. The molecule has 0 atom stereocenters. The molecule has 2 aromatic carbocycles. The summed E-state index contributed by atoms with van der Waals surface area (Å²) in [7, 11) is 0. The molecule has 0 bridgehead atoms. The zero-order valence-electron chi connectivity index (χ0n) is 16.1. The fourth-order valence-electron chi connectivity index (χ4n) is 3.75. The molecule has 0 spiro atoms. The molecule has 0 saturated heterocycles. The third-order valence-electron chi connectivity index (χ3n) is 5.14. The normalized spacial score (nSPS) is 13.6. The van der Waals surface area contributed by atoms with E-state index in [9.17, 15) is 9.59 Å². The summed E-state index contributed by atoms with van der Waals surface area (Å²) in [5, 5.41) is 0.887. The van der Waals surface area contributed by atoms with Crippen LogP contribution in [0.25, 0.3) is 11.0 Å². The minimum absolute atomic E-state index is 0.0616. The van der Waals surface area contributed by atoms with Gasteiger partial charge in [-0.15, -0.1) is 0 Å². The summed E-state index contributed by atoms with van der Waals surface area (Å²) in [6.45, 7) is 4.71. The second kappa shape index (κ2) is 7.50. The van der Waals surface area contributed by atoms with E-state index in [4.69, 9.17) is 9.15 Å². The van der Waals surface area contributed by atoms with Crippen molar-refractivity contribution >= 4 is 22.6 Å². The molecule has 5 heteroatoms. The van der Waals surface area contributed by atoms with E-state index in [0.717, 1.165) is 29.5 Å². The van der Waals surface area contributed by atoms with Crippen molar-refractivity contribution in [2.24, 2.45) is 0 Å². The quantitative estimate of drug-likeness (QED) is 0.637. The first-order valence-electron chi connectivity index (χ1n) is 9.62. The van der Waals surface area contributed by atoms with Crippen LogP contribution in [0.4, 0.5) is 5.69 Å². The summed E-state index contributed by atoms with van der Waals surface area (Å²) in [6.07, 6.45) is 1.94. The number of anilines is 1. The first-order valence-corrected chi connectivity index (χ1v) is 9.62. The lowest BCUT2D eigenvalue weighted by atomic mass is 10.00. The number of benzene rings is 2. The van der Waals surface area contributed by atoms with E-state index in [2.05, 4.69) is 6.07 Å². The summed E-state index contributed by atoms with van der Waals surface area (Å²) >= 11 is 0. The van der Waals surface area contributed by atoms with Crippen LogP contribution < -0.4 is 15.3 Å². The molecule has 5 nitrogen and oxygen atoms in total. The van der Waals surface area contributed by atoms with E-state index in [1.54, 1.807) is 11.0 Å². The summed E-state index contributed by atoms with van der Waals surface area (Å²) in [4.78, 5) is 26.4. The summed E-state index contributed by atoms with van der Waals surface area (Å²) in [5.74, 6) is 0.638. The van der Waals surface area contributed by atoms with Gasteiger partial charge < -0.3 is 14.1 Å². The van der Waals surface area contributed by atoms with Crippen LogP contribution in [0.5, 0.6) is 5.75 Å². The molecule has 1 aromatic heterocycles. The highest BCUT2D eigenvalue weighted by Gasteiger charge is 2.22. The van der Waals surface area contributed by atoms with Crippen LogP contribution in [-0.2, 0) is 11.2 Å². The van der Waals surface area contributed by atoms with Gasteiger partial charge in [0, 0.05) is 29.8 Å². The van der Waals surface area contributed by atoms with Gasteiger partial charge in [-0.25, -0.2) is 4.79 Å². The van der Waals surface area contributed by atoms with Crippen LogP contribution in [0.2, 0.25) is 0 Å². The molecular formula is C23H23NO4. The number of carbonyl (C=O) groups excluding carboxylic acids is 1. The number of carbonyl (C=O) groups is 1. The van der Waals surface area contributed by atoms with E-state index in [1.807, 2.05) is 44.2 Å². The average Bonchev–Trinajstić information content (AvgIpc) is 2.70. The molecule has 4 rings (SSSR count). The lowest BCUT2D eigenvalue weighted by Gasteiger charge is -2.29. The van der Waals surface area contributed by atoms with E-state index < -0.39 is 0 Å². The van der Waals surface area contributed by atoms with E-state index >= 15 is 0 Å². The highest BCUT2D eigenvalue weighted by atomic mass is 16.5. The standard InChI is InChI=1S/C23H23NO4/c1-15(2)19-13-23(26)28-21-12-17(9-10-18(19)21)27-14-22(25)24-11-5-7-16-6-3-4-8-20(16)24/h3-4,6,8-10,12-13,15H,5,7,11,14H2,1-2H3. The third-order valence-corrected chi connectivity index (χ3v) is 5.14. The molecule has 0 unspecified atom stereocenters. The number of ether oxygens (including phenoxy) is 1. The van der Waals surface area contributed by atoms with Crippen LogP contribution in [0, 0.1) is 0 Å². The van der Waals surface area contributed by atoms with Crippen molar-refractivity contribution in [3.05, 3.63) is 70.1 Å². The Morgan fingerprint density at radius 1 is 1.18 bits per heavy atom. The predicted octanol–water partition coefficient (Wildman–Crippen LogP) is 4.27. The highest BCUT2D eigenvalue weighted by Crippen LogP contribution is 2.28. The summed E-state index contributed by atoms with van der Waals surface area (Å²) in [5.41, 5.74) is 3.20. The van der Waals surface area contributed by atoms with Gasteiger partial charge in [0.15, 0.2) is 6.61 Å². The van der Waals surface area contributed by atoms with E-state index in [1.165, 1.54) is 11.6 Å². The molecule has 1 amide bonds. The number of fused-ring (bicyclic) bond motifs is 2. The molecule has 3 aromatic rings. The monoisotopic (exact) mass is 377 g/mol. The Hall–Kier alpha value is -3.08. The van der Waals surface area contributed by atoms with Crippen molar-refractivity contribution in [1.82, 2.24) is 0 Å². The van der Waals surface area contributed by atoms with Crippen LogP contribution in [0.3, 0.4) is 0 Å². The maximum Gasteiger partial charge on any atom is 0.336 e. The average molecular weight is 377 g/mol. The number of hydrogen-bond acceptors (Lipinski definition) is 4. The van der Waals surface area contributed by atoms with E-state index in [-0.39, 0.29) is 24.1 Å². The lowest BCUT2D eigenvalue weighted by molar-refractivity contribution is -0.120. The van der Waals surface area contributed by atoms with Crippen molar-refractivity contribution in [3.63, 3.8) is 0 Å². The van der Waals surface area contributed by atoms with Gasteiger partial charge in [-0.2, -0.15) is 0 Å². The molecule has 1 aliphatic heterocycles. The Bertz CT molecular complexity index is 1080. The van der Waals surface area contributed by atoms with Crippen LogP contribution >= 0.6 is 0 Å². The van der Waals surface area contributed by atoms with Crippen LogP contribution in [0.1, 0.15) is 37.3 Å². The SMILES string of the molecule is CC(C)c1cc(=O)oc2cc(OCC(=O)N3CCCc4ccccc43)ccc12. The summed E-state index contributed by atoms with van der Waals surface area (Å²) < 4.78 is 11.1. The molecule has 0 radical (unpaired) electrons. The molecule has 144 valence electrons. The Balaban J connectivity index is 1.53. The Labute approximate surface area is 163 Å². The van der Waals surface area contributed by atoms with Crippen LogP contribution in [0.15, 0.2) is 57.7 Å². The second-order valence-corrected chi connectivity index (χ2v) is 7.40. The Morgan fingerprint density at radius 2 is 2.00 bits per heavy atom. The van der Waals surface area contributed by atoms with Crippen molar-refractivity contribution < 1.29 is 13.9 Å². The van der Waals surface area contributed by atoms with Crippen molar-refractivity contribution in [2.45, 2.75) is 32.6 Å². The maximum atomic E-state index is 12.7. The van der Waals surface area contributed by atoms with Crippen molar-refractivity contribution in [3.8, 4) is 5.75 Å².